The number of imidazole rings is 1. The van der Waals surface area contributed by atoms with E-state index in [-0.39, 0.29) is 22.9 Å². The summed E-state index contributed by atoms with van der Waals surface area (Å²) < 4.78 is 6.74. The predicted octanol–water partition coefficient (Wildman–Crippen LogP) is -0.148. The molecular weight excluding hydrogens is 372 g/mol. The smallest absolute Gasteiger partial charge is 0.280 e. The highest BCUT2D eigenvalue weighted by Gasteiger charge is 2.44. The number of nitrogens with zero attached hydrogens (tertiary/aromatic N) is 5. The first-order valence-corrected chi connectivity index (χ1v) is 8.28. The predicted molar refractivity (Wildman–Crippen MR) is 93.4 cm³/mol. The maximum atomic E-state index is 12.3. The van der Waals surface area contributed by atoms with Crippen LogP contribution in [0.5, 0.6) is 5.75 Å². The van der Waals surface area contributed by atoms with Gasteiger partial charge >= 0.3 is 0 Å². The van der Waals surface area contributed by atoms with Gasteiger partial charge in [-0.1, -0.05) is 0 Å². The lowest BCUT2D eigenvalue weighted by atomic mass is 10.1. The number of fused-ring (bicyclic) bond motifs is 1. The van der Waals surface area contributed by atoms with Crippen molar-refractivity contribution in [2.75, 3.05) is 6.61 Å². The van der Waals surface area contributed by atoms with Gasteiger partial charge in [-0.15, -0.1) is 10.2 Å². The van der Waals surface area contributed by atoms with Crippen molar-refractivity contribution in [3.8, 4) is 5.75 Å². The van der Waals surface area contributed by atoms with Gasteiger partial charge in [0.15, 0.2) is 17.4 Å². The van der Waals surface area contributed by atoms with E-state index >= 15 is 0 Å². The minimum atomic E-state index is -1.35. The van der Waals surface area contributed by atoms with E-state index in [2.05, 4.69) is 25.2 Å². The zero-order chi connectivity index (χ0) is 19.8. The van der Waals surface area contributed by atoms with Gasteiger partial charge in [-0.3, -0.25) is 14.3 Å². The first-order chi connectivity index (χ1) is 13.5. The van der Waals surface area contributed by atoms with Crippen LogP contribution in [0.3, 0.4) is 0 Å². The monoisotopic (exact) mass is 388 g/mol. The third kappa shape index (κ3) is 3.14. The van der Waals surface area contributed by atoms with E-state index in [1.807, 2.05) is 0 Å². The fourth-order valence-electron chi connectivity index (χ4n) is 2.88. The summed E-state index contributed by atoms with van der Waals surface area (Å²) >= 11 is 0. The highest BCUT2D eigenvalue weighted by Crippen LogP contribution is 2.31. The number of H-pyrrole nitrogens is 1. The molecule has 0 bridgehead atoms. The Hall–Kier alpha value is -3.19. The normalized spacial score (nSPS) is 25.1. The Morgan fingerprint density at radius 3 is 2.61 bits per heavy atom. The van der Waals surface area contributed by atoms with Gasteiger partial charge in [0.1, 0.15) is 24.1 Å². The van der Waals surface area contributed by atoms with E-state index in [9.17, 15) is 25.2 Å². The van der Waals surface area contributed by atoms with Crippen LogP contribution in [0.1, 0.15) is 6.23 Å². The highest BCUT2D eigenvalue weighted by molar-refractivity contribution is 5.70. The summed E-state index contributed by atoms with van der Waals surface area (Å²) in [5.74, 6) is -0.0339. The highest BCUT2D eigenvalue weighted by atomic mass is 16.6. The largest absolute Gasteiger partial charge is 0.508 e. The van der Waals surface area contributed by atoms with Crippen molar-refractivity contribution < 1.29 is 25.2 Å². The Morgan fingerprint density at radius 2 is 1.93 bits per heavy atom. The van der Waals surface area contributed by atoms with Gasteiger partial charge in [-0.2, -0.15) is 4.98 Å². The van der Waals surface area contributed by atoms with Crippen LogP contribution in [0, 0.1) is 0 Å². The van der Waals surface area contributed by atoms with Gasteiger partial charge in [0.25, 0.3) is 11.5 Å². The molecule has 1 saturated heterocycles. The molecule has 3 heterocycles. The van der Waals surface area contributed by atoms with E-state index in [0.29, 0.717) is 5.69 Å². The molecule has 1 aromatic carbocycles. The van der Waals surface area contributed by atoms with Crippen LogP contribution in [0.15, 0.2) is 45.6 Å². The molecule has 0 radical (unpaired) electrons. The van der Waals surface area contributed by atoms with Crippen LogP contribution < -0.4 is 5.56 Å². The molecule has 4 atom stereocenters. The molecule has 2 aromatic heterocycles. The molecule has 12 nitrogen and oxygen atoms in total. The Labute approximate surface area is 156 Å². The summed E-state index contributed by atoms with van der Waals surface area (Å²) in [5, 5.41) is 46.4. The van der Waals surface area contributed by atoms with Crippen molar-refractivity contribution in [3.05, 3.63) is 40.9 Å². The molecule has 0 spiro atoms. The number of nitrogens with one attached hydrogen (secondary N) is 1. The average Bonchev–Trinajstić information content (AvgIpc) is 3.23. The number of hydrogen-bond acceptors (Lipinski definition) is 10. The second kappa shape index (κ2) is 7.09. The lowest BCUT2D eigenvalue weighted by molar-refractivity contribution is -0.0511. The molecule has 0 amide bonds. The van der Waals surface area contributed by atoms with E-state index in [1.165, 1.54) is 35.2 Å². The molecule has 28 heavy (non-hydrogen) atoms. The number of aliphatic hydroxyl groups excluding tert-OH is 3. The summed E-state index contributed by atoms with van der Waals surface area (Å²) in [7, 11) is 0. The standard InChI is InChI=1S/C16H16N6O6/c23-5-9-11(25)12(26)15(28-9)22-6-17-10-13(22)18-16(19-14(10)27)21-20-7-1-3-8(24)4-2-7/h1-4,6,9,11-12,15,23-26H,5H2,(H,18,19,27)/t9-,11-,12-,15-/m1/s1. The van der Waals surface area contributed by atoms with Gasteiger partial charge in [0.2, 0.25) is 0 Å². The zero-order valence-corrected chi connectivity index (χ0v) is 14.2. The Bertz CT molecular complexity index is 1080. The number of rotatable bonds is 4. The molecule has 1 fully saturated rings. The van der Waals surface area contributed by atoms with Crippen LogP contribution in [0.4, 0.5) is 11.6 Å². The number of aromatic nitrogens is 4. The molecule has 4 rings (SSSR count). The Morgan fingerprint density at radius 1 is 1.18 bits per heavy atom. The topological polar surface area (TPSA) is 178 Å². The first-order valence-electron chi connectivity index (χ1n) is 8.28. The molecule has 1 aliphatic heterocycles. The molecular formula is C16H16N6O6. The summed E-state index contributed by atoms with van der Waals surface area (Å²) in [5.41, 5.74) is -0.0905. The quantitative estimate of drug-likeness (QED) is 0.383. The number of ether oxygens (including phenoxy) is 1. The van der Waals surface area contributed by atoms with Crippen molar-refractivity contribution in [2.45, 2.75) is 24.5 Å². The van der Waals surface area contributed by atoms with Gasteiger partial charge in [-0.05, 0) is 24.3 Å². The number of benzene rings is 1. The first kappa shape index (κ1) is 18.2. The molecule has 12 heteroatoms. The lowest BCUT2D eigenvalue weighted by Gasteiger charge is -2.16. The van der Waals surface area contributed by atoms with Gasteiger partial charge < -0.3 is 25.2 Å². The van der Waals surface area contributed by atoms with Gasteiger partial charge in [0, 0.05) is 0 Å². The number of aromatic hydroxyl groups is 1. The van der Waals surface area contributed by atoms with Crippen molar-refractivity contribution >= 4 is 22.8 Å². The van der Waals surface area contributed by atoms with Crippen LogP contribution >= 0.6 is 0 Å². The third-order valence-electron chi connectivity index (χ3n) is 4.32. The second-order valence-electron chi connectivity index (χ2n) is 6.16. The van der Waals surface area contributed by atoms with E-state index in [1.54, 1.807) is 0 Å². The zero-order valence-electron chi connectivity index (χ0n) is 14.2. The van der Waals surface area contributed by atoms with Crippen LogP contribution in [0.2, 0.25) is 0 Å². The lowest BCUT2D eigenvalue weighted by Crippen LogP contribution is -2.33. The number of hydrogen-bond donors (Lipinski definition) is 5. The van der Waals surface area contributed by atoms with Crippen molar-refractivity contribution in [2.24, 2.45) is 10.2 Å². The molecule has 1 aliphatic rings. The molecule has 5 N–H and O–H groups in total. The van der Waals surface area contributed by atoms with Crippen molar-refractivity contribution in [1.29, 1.82) is 0 Å². The van der Waals surface area contributed by atoms with Crippen molar-refractivity contribution in [1.82, 2.24) is 19.5 Å². The van der Waals surface area contributed by atoms with Crippen molar-refractivity contribution in [3.63, 3.8) is 0 Å². The van der Waals surface area contributed by atoms with Gasteiger partial charge in [0.05, 0.1) is 18.6 Å². The van der Waals surface area contributed by atoms with E-state index in [0.717, 1.165) is 0 Å². The summed E-state index contributed by atoms with van der Waals surface area (Å²) in [6, 6.07) is 5.92. The summed E-state index contributed by atoms with van der Waals surface area (Å²) in [4.78, 5) is 22.8. The summed E-state index contributed by atoms with van der Waals surface area (Å²) in [6.45, 7) is -0.485. The van der Waals surface area contributed by atoms with Crippen LogP contribution in [-0.2, 0) is 4.74 Å². The fraction of sp³-hybridized carbons (Fsp3) is 0.312. The van der Waals surface area contributed by atoms with Crippen LogP contribution in [0.25, 0.3) is 11.2 Å². The Balaban J connectivity index is 1.71. The molecule has 0 aliphatic carbocycles. The summed E-state index contributed by atoms with van der Waals surface area (Å²) in [6.07, 6.45) is -3.48. The fourth-order valence-corrected chi connectivity index (χ4v) is 2.88. The minimum Gasteiger partial charge on any atom is -0.508 e. The Kier molecular flexibility index (Phi) is 4.60. The molecule has 3 aromatic rings. The SMILES string of the molecule is O=c1[nH]c(N=Nc2ccc(O)cc2)nc2c1ncn2[C@@H]1O[C@H](CO)[C@@H](O)[C@H]1O. The number of aromatic amines is 1. The molecule has 0 saturated carbocycles. The number of phenols is 1. The molecule has 146 valence electrons. The number of azo groups is 1. The van der Waals surface area contributed by atoms with E-state index < -0.39 is 36.7 Å². The maximum Gasteiger partial charge on any atom is 0.280 e. The van der Waals surface area contributed by atoms with Gasteiger partial charge in [-0.25, -0.2) is 4.98 Å². The molecule has 0 unspecified atom stereocenters. The third-order valence-corrected chi connectivity index (χ3v) is 4.32. The van der Waals surface area contributed by atoms with E-state index in [4.69, 9.17) is 4.74 Å². The number of phenolic OH excluding ortho intramolecular Hbond substituents is 1. The maximum absolute atomic E-state index is 12.3. The minimum absolute atomic E-state index is 0.0127. The second-order valence-corrected chi connectivity index (χ2v) is 6.16. The average molecular weight is 388 g/mol. The van der Waals surface area contributed by atoms with Crippen LogP contribution in [-0.4, -0.2) is 64.9 Å². The number of aliphatic hydroxyl groups is 3.